The van der Waals surface area contributed by atoms with E-state index < -0.39 is 0 Å². The zero-order valence-electron chi connectivity index (χ0n) is 15.0. The molecule has 0 aliphatic carbocycles. The summed E-state index contributed by atoms with van der Waals surface area (Å²) >= 11 is 6.00. The van der Waals surface area contributed by atoms with Crippen LogP contribution in [0.25, 0.3) is 16.7 Å². The number of benzene rings is 2. The number of para-hydroxylation sites is 2. The quantitative estimate of drug-likeness (QED) is 0.537. The number of anilines is 2. The summed E-state index contributed by atoms with van der Waals surface area (Å²) in [6, 6.07) is 18.3. The molecule has 0 saturated carbocycles. The molecule has 2 heterocycles. The van der Waals surface area contributed by atoms with Gasteiger partial charge in [0.25, 0.3) is 0 Å². The molecule has 2 N–H and O–H groups in total. The van der Waals surface area contributed by atoms with E-state index in [9.17, 15) is 0 Å². The first-order valence-electron chi connectivity index (χ1n) is 8.58. The SMILES string of the molecule is C[C@H](c1ccc(-n2cnc3ccccc32)cc1)N(C)c1cc(Cl)nc(N)n1. The van der Waals surface area contributed by atoms with Gasteiger partial charge in [0.05, 0.1) is 17.1 Å². The summed E-state index contributed by atoms with van der Waals surface area (Å²) in [5, 5.41) is 0.332. The Morgan fingerprint density at radius 3 is 2.56 bits per heavy atom. The number of nitrogens with zero attached hydrogens (tertiary/aromatic N) is 5. The van der Waals surface area contributed by atoms with Crippen molar-refractivity contribution >= 4 is 34.4 Å². The van der Waals surface area contributed by atoms with E-state index in [1.807, 2.05) is 36.5 Å². The predicted molar refractivity (Wildman–Crippen MR) is 109 cm³/mol. The monoisotopic (exact) mass is 378 g/mol. The van der Waals surface area contributed by atoms with E-state index in [0.29, 0.717) is 11.0 Å². The summed E-state index contributed by atoms with van der Waals surface area (Å²) in [6.07, 6.45) is 1.85. The number of nitrogen functional groups attached to an aromatic ring is 1. The summed E-state index contributed by atoms with van der Waals surface area (Å²) in [6.45, 7) is 2.10. The highest BCUT2D eigenvalue weighted by molar-refractivity contribution is 6.29. The molecule has 6 nitrogen and oxygen atoms in total. The van der Waals surface area contributed by atoms with Gasteiger partial charge in [-0.05, 0) is 36.8 Å². The van der Waals surface area contributed by atoms with E-state index in [0.717, 1.165) is 22.3 Å². The van der Waals surface area contributed by atoms with Gasteiger partial charge in [0.1, 0.15) is 17.3 Å². The van der Waals surface area contributed by atoms with Crippen molar-refractivity contribution in [3.8, 4) is 5.69 Å². The first-order chi connectivity index (χ1) is 13.0. The second-order valence-corrected chi connectivity index (χ2v) is 6.78. The molecule has 0 aliphatic heterocycles. The highest BCUT2D eigenvalue weighted by Crippen LogP contribution is 2.27. The molecule has 0 spiro atoms. The lowest BCUT2D eigenvalue weighted by molar-refractivity contribution is 0.728. The minimum Gasteiger partial charge on any atom is -0.368 e. The van der Waals surface area contributed by atoms with Gasteiger partial charge in [-0.25, -0.2) is 9.97 Å². The van der Waals surface area contributed by atoms with Gasteiger partial charge in [0, 0.05) is 18.8 Å². The molecule has 0 amide bonds. The van der Waals surface area contributed by atoms with Crippen LogP contribution in [0.4, 0.5) is 11.8 Å². The molecule has 0 radical (unpaired) electrons. The van der Waals surface area contributed by atoms with Crippen LogP contribution >= 0.6 is 11.6 Å². The molecule has 136 valence electrons. The number of nitrogens with two attached hydrogens (primary N) is 1. The van der Waals surface area contributed by atoms with Crippen molar-refractivity contribution in [2.45, 2.75) is 13.0 Å². The second-order valence-electron chi connectivity index (χ2n) is 6.39. The van der Waals surface area contributed by atoms with Crippen LogP contribution < -0.4 is 10.6 Å². The Hall–Kier alpha value is -3.12. The topological polar surface area (TPSA) is 72.9 Å². The van der Waals surface area contributed by atoms with E-state index in [1.54, 1.807) is 6.07 Å². The van der Waals surface area contributed by atoms with Crippen molar-refractivity contribution in [3.63, 3.8) is 0 Å². The molecule has 0 fully saturated rings. The zero-order valence-corrected chi connectivity index (χ0v) is 15.8. The van der Waals surface area contributed by atoms with Gasteiger partial charge < -0.3 is 10.6 Å². The third-order valence-electron chi connectivity index (χ3n) is 4.75. The first kappa shape index (κ1) is 17.3. The summed E-state index contributed by atoms with van der Waals surface area (Å²) in [5.74, 6) is 0.851. The molecule has 2 aromatic heterocycles. The largest absolute Gasteiger partial charge is 0.368 e. The molecule has 4 aromatic rings. The summed E-state index contributed by atoms with van der Waals surface area (Å²) in [7, 11) is 1.96. The van der Waals surface area contributed by atoms with Crippen molar-refractivity contribution in [1.82, 2.24) is 19.5 Å². The average Bonchev–Trinajstić information content (AvgIpc) is 3.10. The number of hydrogen-bond acceptors (Lipinski definition) is 5. The smallest absolute Gasteiger partial charge is 0.223 e. The van der Waals surface area contributed by atoms with Crippen LogP contribution in [0.1, 0.15) is 18.5 Å². The zero-order chi connectivity index (χ0) is 19.0. The maximum Gasteiger partial charge on any atom is 0.223 e. The maximum absolute atomic E-state index is 6.00. The van der Waals surface area contributed by atoms with Crippen LogP contribution in [0.3, 0.4) is 0 Å². The Labute approximate surface area is 162 Å². The molecule has 0 bridgehead atoms. The molecule has 0 saturated heterocycles. The van der Waals surface area contributed by atoms with Crippen molar-refractivity contribution in [2.24, 2.45) is 0 Å². The van der Waals surface area contributed by atoms with Crippen molar-refractivity contribution in [2.75, 3.05) is 17.7 Å². The number of fused-ring (bicyclic) bond motifs is 1. The highest BCUT2D eigenvalue weighted by Gasteiger charge is 2.15. The van der Waals surface area contributed by atoms with Gasteiger partial charge in [-0.1, -0.05) is 35.9 Å². The van der Waals surface area contributed by atoms with Crippen LogP contribution in [0.2, 0.25) is 5.15 Å². The molecule has 2 aromatic carbocycles. The maximum atomic E-state index is 6.00. The Balaban J connectivity index is 1.61. The van der Waals surface area contributed by atoms with Crippen LogP contribution in [-0.4, -0.2) is 26.6 Å². The lowest BCUT2D eigenvalue weighted by atomic mass is 10.1. The molecular formula is C20H19ClN6. The van der Waals surface area contributed by atoms with Crippen LogP contribution in [0, 0.1) is 0 Å². The minimum atomic E-state index is 0.0870. The number of aromatic nitrogens is 4. The van der Waals surface area contributed by atoms with E-state index >= 15 is 0 Å². The third kappa shape index (κ3) is 3.31. The van der Waals surface area contributed by atoms with Crippen LogP contribution in [0.15, 0.2) is 60.9 Å². The van der Waals surface area contributed by atoms with Crippen molar-refractivity contribution in [3.05, 3.63) is 71.6 Å². The molecular weight excluding hydrogens is 360 g/mol. The number of hydrogen-bond donors (Lipinski definition) is 1. The number of halogens is 1. The van der Waals surface area contributed by atoms with Gasteiger partial charge >= 0.3 is 0 Å². The van der Waals surface area contributed by atoms with Crippen molar-refractivity contribution in [1.29, 1.82) is 0 Å². The van der Waals surface area contributed by atoms with Gasteiger partial charge in [-0.3, -0.25) is 4.57 Å². The molecule has 0 unspecified atom stereocenters. The number of imidazole rings is 1. The Kier molecular flexibility index (Phi) is 4.41. The molecule has 0 aliphatic rings. The second kappa shape index (κ2) is 6.89. The van der Waals surface area contributed by atoms with Crippen LogP contribution in [0.5, 0.6) is 0 Å². The fourth-order valence-corrected chi connectivity index (χ4v) is 3.29. The van der Waals surface area contributed by atoms with E-state index in [1.165, 1.54) is 0 Å². The fraction of sp³-hybridized carbons (Fsp3) is 0.150. The molecule has 4 rings (SSSR count). The molecule has 7 heteroatoms. The number of rotatable bonds is 4. The normalized spacial score (nSPS) is 12.3. The Morgan fingerprint density at radius 1 is 1.07 bits per heavy atom. The minimum absolute atomic E-state index is 0.0870. The van der Waals surface area contributed by atoms with Crippen molar-refractivity contribution < 1.29 is 0 Å². The highest BCUT2D eigenvalue weighted by atomic mass is 35.5. The molecule has 1 atom stereocenters. The summed E-state index contributed by atoms with van der Waals surface area (Å²) in [5.41, 5.74) is 10.00. The van der Waals surface area contributed by atoms with Gasteiger partial charge in [0.2, 0.25) is 5.95 Å². The van der Waals surface area contributed by atoms with E-state index in [-0.39, 0.29) is 12.0 Å². The lowest BCUT2D eigenvalue weighted by Gasteiger charge is -2.26. The van der Waals surface area contributed by atoms with E-state index in [2.05, 4.69) is 56.8 Å². The average molecular weight is 379 g/mol. The lowest BCUT2D eigenvalue weighted by Crippen LogP contribution is -2.23. The Morgan fingerprint density at radius 2 is 1.81 bits per heavy atom. The standard InChI is InChI=1S/C20H19ClN6/c1-13(26(2)19-11-18(21)24-20(22)25-19)14-7-9-15(10-8-14)27-12-23-16-5-3-4-6-17(16)27/h3-13H,1-2H3,(H2,22,24,25)/t13-/m1/s1. The van der Waals surface area contributed by atoms with Gasteiger partial charge in [-0.15, -0.1) is 0 Å². The Bertz CT molecular complexity index is 1070. The van der Waals surface area contributed by atoms with Gasteiger partial charge in [0.15, 0.2) is 0 Å². The van der Waals surface area contributed by atoms with Crippen LogP contribution in [-0.2, 0) is 0 Å². The van der Waals surface area contributed by atoms with Gasteiger partial charge in [-0.2, -0.15) is 4.98 Å². The predicted octanol–water partition coefficient (Wildman–Crippen LogP) is 4.25. The summed E-state index contributed by atoms with van der Waals surface area (Å²) < 4.78 is 2.08. The third-order valence-corrected chi connectivity index (χ3v) is 4.94. The first-order valence-corrected chi connectivity index (χ1v) is 8.96. The fourth-order valence-electron chi connectivity index (χ4n) is 3.10. The summed E-state index contributed by atoms with van der Waals surface area (Å²) in [4.78, 5) is 14.7. The van der Waals surface area contributed by atoms with E-state index in [4.69, 9.17) is 17.3 Å². The molecule has 27 heavy (non-hydrogen) atoms.